The number of ether oxygens (including phenoxy) is 2. The molecule has 4 amide bonds. The molecular weight excluding hydrogens is 983 g/mol. The lowest BCUT2D eigenvalue weighted by atomic mass is 9.75. The number of hydrogen-bond donors (Lipinski definition) is 8. The largest absolute Gasteiger partial charge is 0.508 e. The summed E-state index contributed by atoms with van der Waals surface area (Å²) in [5.74, 6) is -5.44. The monoisotopic (exact) mass is 1070 g/mol. The van der Waals surface area contributed by atoms with Crippen LogP contribution in [0.2, 0.25) is 0 Å². The molecule has 5 rings (SSSR count). The number of nitrogens with one attached hydrogen (secondary N) is 4. The number of esters is 1. The second kappa shape index (κ2) is 29.0. The van der Waals surface area contributed by atoms with E-state index in [0.717, 1.165) is 24.0 Å². The number of carbonyl (C=O) groups is 6. The summed E-state index contributed by atoms with van der Waals surface area (Å²) in [4.78, 5) is 82.1. The van der Waals surface area contributed by atoms with Gasteiger partial charge >= 0.3 is 5.97 Å². The molecule has 0 aliphatic carbocycles. The van der Waals surface area contributed by atoms with E-state index in [2.05, 4.69) is 41.3 Å². The average molecular weight is 1070 g/mol. The number of amides is 4. The van der Waals surface area contributed by atoms with E-state index in [1.165, 1.54) is 24.1 Å². The van der Waals surface area contributed by atoms with Gasteiger partial charge in [-0.3, -0.25) is 29.0 Å². The predicted octanol–water partition coefficient (Wildman–Crippen LogP) is 6.36. The first-order valence-corrected chi connectivity index (χ1v) is 28.0. The van der Waals surface area contributed by atoms with Crippen molar-refractivity contribution < 1.29 is 58.7 Å². The van der Waals surface area contributed by atoms with Crippen LogP contribution in [0.4, 0.5) is 0 Å². The number of rotatable bonds is 15. The number of aliphatic hydroxyl groups is 3. The number of fused-ring (bicyclic) bond motifs is 2. The van der Waals surface area contributed by atoms with Crippen LogP contribution in [-0.4, -0.2) is 122 Å². The van der Waals surface area contributed by atoms with Gasteiger partial charge in [0.2, 0.25) is 17.7 Å². The fourth-order valence-corrected chi connectivity index (χ4v) is 10.9. The molecule has 426 valence electrons. The van der Waals surface area contributed by atoms with Crippen molar-refractivity contribution in [3.8, 4) is 5.75 Å². The lowest BCUT2D eigenvalue weighted by molar-refractivity contribution is -0.179. The Kier molecular flexibility index (Phi) is 23.5. The van der Waals surface area contributed by atoms with Crippen molar-refractivity contribution in [3.63, 3.8) is 0 Å². The molecule has 1 aromatic rings. The number of allylic oxidation sites excluding steroid dienone is 5. The Bertz CT molecular complexity index is 2360. The number of hydrazine groups is 1. The van der Waals surface area contributed by atoms with Crippen LogP contribution < -0.4 is 21.4 Å². The molecule has 15 atom stereocenters. The highest BCUT2D eigenvalue weighted by atomic mass is 16.5. The maximum absolute atomic E-state index is 14.5. The SMILES string of the molecule is CC[C@H]1C[C@H](C)[C@@]2(NC1=O)O[C@@H](C[C@H](O)[C@@H](C)CC/C=C/C=C(\C)[C@@H]1CC=CC=C[C@H](O)[C@H](C)[C@@H](O)[C@@H](CCC(C)=O)C(=O)N[C@@H](C(C)C)C(=O)N[C@@H](Cc3ccccc3O)C(=O)N3CCC[C@H](N3)C(=O)O1)[C@H](C)C=C2C. The van der Waals surface area contributed by atoms with Gasteiger partial charge in [-0.1, -0.05) is 115 Å². The molecule has 0 saturated carbocycles. The van der Waals surface area contributed by atoms with E-state index < -0.39 is 89.7 Å². The van der Waals surface area contributed by atoms with Crippen molar-refractivity contribution in [2.45, 2.75) is 194 Å². The van der Waals surface area contributed by atoms with Crippen molar-refractivity contribution in [1.82, 2.24) is 26.4 Å². The minimum atomic E-state index is -1.43. The average Bonchev–Trinajstić information content (AvgIpc) is 3.39. The van der Waals surface area contributed by atoms with Gasteiger partial charge in [0.25, 0.3) is 5.91 Å². The van der Waals surface area contributed by atoms with Gasteiger partial charge in [0.15, 0.2) is 5.72 Å². The number of Topliss-reactive ketones (excluding diaryl/α,β-unsaturated/α-hetero) is 1. The molecule has 0 radical (unpaired) electrons. The maximum Gasteiger partial charge on any atom is 0.325 e. The highest BCUT2D eigenvalue weighted by molar-refractivity contribution is 5.93. The third-order valence-corrected chi connectivity index (χ3v) is 16.3. The molecule has 17 heteroatoms. The summed E-state index contributed by atoms with van der Waals surface area (Å²) in [5.41, 5.74) is 4.26. The molecule has 17 nitrogen and oxygen atoms in total. The van der Waals surface area contributed by atoms with E-state index >= 15 is 0 Å². The molecular formula is C60H89N5O12. The molecule has 0 aromatic heterocycles. The number of cyclic esters (lactones) is 1. The van der Waals surface area contributed by atoms with Crippen LogP contribution >= 0.6 is 0 Å². The predicted molar refractivity (Wildman–Crippen MR) is 294 cm³/mol. The van der Waals surface area contributed by atoms with Gasteiger partial charge in [0.1, 0.15) is 35.8 Å². The molecule has 1 aromatic carbocycles. The normalized spacial score (nSPS) is 32.4. The summed E-state index contributed by atoms with van der Waals surface area (Å²) in [7, 11) is 0. The lowest BCUT2D eigenvalue weighted by Gasteiger charge is -2.51. The van der Waals surface area contributed by atoms with Crippen molar-refractivity contribution in [2.75, 3.05) is 6.54 Å². The number of phenols is 1. The fourth-order valence-electron chi connectivity index (χ4n) is 10.9. The first-order valence-electron chi connectivity index (χ1n) is 28.0. The Morgan fingerprint density at radius 2 is 1.71 bits per heavy atom. The molecule has 2 saturated heterocycles. The van der Waals surface area contributed by atoms with Crippen LogP contribution in [0, 0.1) is 41.4 Å². The standard InChI is InChI=1S/C60H89N5O12/c1-11-43-32-40(8)60(63-55(43)71)39(7)31-38(6)52(77-60)34-50(69)36(4)21-14-12-15-22-37(5)51-27-17-13-16-25-48(67)42(10)54(70)45(29-28-41(9)66)56(72)62-53(35(2)3)57(73)61-47(33-44-23-18-19-26-49(44)68)58(74)65-30-20-24-46(64-65)59(75)76-51/h12-13,15-19,22-23,25-26,31,35-36,38,40,42-43,45-48,50-54,64,67-70H,11,14,20-21,24,27-30,32-34H2,1-10H3,(H,61,73)(H,62,72)(H,63,71)/b15-12+,17-13?,25-16?,37-22+/t36-,38+,40-,42-,43-,45+,46-,47-,48-,50-,51-,52-,53-,54+,60-/m0/s1. The smallest absolute Gasteiger partial charge is 0.325 e. The second-order valence-corrected chi connectivity index (χ2v) is 22.6. The Morgan fingerprint density at radius 3 is 2.40 bits per heavy atom. The Hall–Kier alpha value is -5.46. The van der Waals surface area contributed by atoms with Crippen LogP contribution in [-0.2, 0) is 44.7 Å². The molecule has 4 aliphatic rings. The zero-order chi connectivity index (χ0) is 56.7. The summed E-state index contributed by atoms with van der Waals surface area (Å²) in [5, 5.41) is 55.1. The summed E-state index contributed by atoms with van der Waals surface area (Å²) in [6.45, 7) is 18.7. The summed E-state index contributed by atoms with van der Waals surface area (Å²) >= 11 is 0. The molecule has 2 fully saturated rings. The Labute approximate surface area is 456 Å². The van der Waals surface area contributed by atoms with Crippen LogP contribution in [0.5, 0.6) is 5.75 Å². The number of aromatic hydroxyl groups is 1. The number of nitrogens with zero attached hydrogens (tertiary/aromatic N) is 1. The molecule has 8 N–H and O–H groups in total. The number of phenolic OH excluding ortho intramolecular Hbond substituents is 1. The molecule has 4 heterocycles. The molecule has 77 heavy (non-hydrogen) atoms. The maximum atomic E-state index is 14.5. The highest BCUT2D eigenvalue weighted by Gasteiger charge is 2.51. The molecule has 0 unspecified atom stereocenters. The van der Waals surface area contributed by atoms with Crippen molar-refractivity contribution in [1.29, 1.82) is 0 Å². The van der Waals surface area contributed by atoms with E-state index in [0.29, 0.717) is 37.7 Å². The fraction of sp³-hybridized carbons (Fsp3) is 0.633. The quantitative estimate of drug-likeness (QED) is 0.0542. The van der Waals surface area contributed by atoms with Crippen LogP contribution in [0.25, 0.3) is 0 Å². The number of aliphatic hydroxyl groups excluding tert-OH is 3. The van der Waals surface area contributed by atoms with Gasteiger partial charge in [0.05, 0.1) is 30.3 Å². The number of piperidine rings is 1. The van der Waals surface area contributed by atoms with Gasteiger partial charge in [-0.2, -0.15) is 0 Å². The summed E-state index contributed by atoms with van der Waals surface area (Å²) in [6, 6.07) is 3.01. The molecule has 4 aliphatic heterocycles. The third kappa shape index (κ3) is 16.8. The zero-order valence-corrected chi connectivity index (χ0v) is 47.1. The summed E-state index contributed by atoms with van der Waals surface area (Å²) < 4.78 is 13.0. The third-order valence-electron chi connectivity index (χ3n) is 16.3. The molecule has 2 bridgehead atoms. The molecule has 1 spiro atoms. The number of ketones is 1. The van der Waals surface area contributed by atoms with Crippen molar-refractivity contribution >= 4 is 35.4 Å². The van der Waals surface area contributed by atoms with E-state index in [4.69, 9.17) is 9.47 Å². The summed E-state index contributed by atoms with van der Waals surface area (Å²) in [6.07, 6.45) is 14.2. The van der Waals surface area contributed by atoms with Crippen molar-refractivity contribution in [2.24, 2.45) is 41.4 Å². The minimum absolute atomic E-state index is 0.00792. The van der Waals surface area contributed by atoms with Crippen molar-refractivity contribution in [3.05, 3.63) is 89.6 Å². The minimum Gasteiger partial charge on any atom is -0.508 e. The Balaban J connectivity index is 1.35. The van der Waals surface area contributed by atoms with Gasteiger partial charge in [-0.15, -0.1) is 0 Å². The second-order valence-electron chi connectivity index (χ2n) is 22.6. The zero-order valence-electron chi connectivity index (χ0n) is 47.1. The highest BCUT2D eigenvalue weighted by Crippen LogP contribution is 2.43. The van der Waals surface area contributed by atoms with Crippen LogP contribution in [0.3, 0.4) is 0 Å². The topological polar surface area (TPSA) is 253 Å². The van der Waals surface area contributed by atoms with Gasteiger partial charge in [-0.25, -0.2) is 5.43 Å². The van der Waals surface area contributed by atoms with E-state index in [1.54, 1.807) is 57.2 Å². The lowest BCUT2D eigenvalue weighted by Crippen LogP contribution is -2.64. The van der Waals surface area contributed by atoms with Crippen LogP contribution in [0.1, 0.15) is 139 Å². The van der Waals surface area contributed by atoms with E-state index in [-0.39, 0.29) is 79.4 Å². The van der Waals surface area contributed by atoms with Crippen LogP contribution in [0.15, 0.2) is 84.0 Å². The van der Waals surface area contributed by atoms with Gasteiger partial charge in [0, 0.05) is 55.9 Å². The van der Waals surface area contributed by atoms with Gasteiger partial charge in [-0.05, 0) is 100 Å². The first kappa shape index (κ1) is 62.4. The number of carbonyl (C=O) groups excluding carboxylic acids is 6. The Morgan fingerprint density at radius 1 is 0.987 bits per heavy atom. The van der Waals surface area contributed by atoms with E-state index in [9.17, 15) is 49.2 Å². The van der Waals surface area contributed by atoms with Gasteiger partial charge < -0.3 is 50.6 Å². The number of para-hydroxylation sites is 1. The van der Waals surface area contributed by atoms with E-state index in [1.807, 2.05) is 45.9 Å². The first-order chi connectivity index (χ1) is 36.5. The number of benzene rings is 1. The number of hydrogen-bond acceptors (Lipinski definition) is 13.